The molecule has 1 N–H and O–H groups in total. The number of carbonyl (C=O) groups is 1. The van der Waals surface area contributed by atoms with Crippen molar-refractivity contribution >= 4 is 5.97 Å². The lowest BCUT2D eigenvalue weighted by Gasteiger charge is -2.08. The van der Waals surface area contributed by atoms with E-state index in [9.17, 15) is 4.79 Å². The van der Waals surface area contributed by atoms with Gasteiger partial charge in [-0.15, -0.1) is 0 Å². The molecule has 1 aromatic heterocycles. The lowest BCUT2D eigenvalue weighted by atomic mass is 10.1. The first kappa shape index (κ1) is 9.24. The maximum Gasteiger partial charge on any atom is 0.308 e. The molecule has 0 radical (unpaired) electrons. The van der Waals surface area contributed by atoms with E-state index in [-0.39, 0.29) is 5.92 Å². The molecule has 0 fully saturated rings. The van der Waals surface area contributed by atoms with E-state index in [1.165, 1.54) is 0 Å². The molecule has 0 aliphatic carbocycles. The summed E-state index contributed by atoms with van der Waals surface area (Å²) in [6.45, 7) is 4.77. The Balaban J connectivity index is 2.28. The van der Waals surface area contributed by atoms with Gasteiger partial charge in [0.05, 0.1) is 5.92 Å². The molecule has 0 spiro atoms. The minimum absolute atomic E-state index is 0.281. The van der Waals surface area contributed by atoms with Crippen LogP contribution >= 0.6 is 0 Å². The summed E-state index contributed by atoms with van der Waals surface area (Å²) in [7, 11) is 0. The predicted molar refractivity (Wildman–Crippen MR) is 51.1 cm³/mol. The Hall–Kier alpha value is -1.32. The molecule has 4 heteroatoms. The van der Waals surface area contributed by atoms with Gasteiger partial charge in [-0.05, 0) is 5.92 Å². The molecule has 0 bridgehead atoms. The van der Waals surface area contributed by atoms with Crippen molar-refractivity contribution < 1.29 is 9.90 Å². The largest absolute Gasteiger partial charge is 0.481 e. The van der Waals surface area contributed by atoms with Crippen molar-refractivity contribution in [3.8, 4) is 0 Å². The second-order valence-corrected chi connectivity index (χ2v) is 4.10. The lowest BCUT2D eigenvalue weighted by Crippen LogP contribution is -2.15. The van der Waals surface area contributed by atoms with Crippen LogP contribution in [0.5, 0.6) is 0 Å². The van der Waals surface area contributed by atoms with Crippen LogP contribution in [-0.4, -0.2) is 20.6 Å². The first-order valence-electron chi connectivity index (χ1n) is 4.86. The highest BCUT2D eigenvalue weighted by Crippen LogP contribution is 2.25. The van der Waals surface area contributed by atoms with E-state index in [4.69, 9.17) is 5.11 Å². The lowest BCUT2D eigenvalue weighted by molar-refractivity contribution is -0.141. The molecule has 4 nitrogen and oxygen atoms in total. The van der Waals surface area contributed by atoms with Gasteiger partial charge in [-0.1, -0.05) is 13.8 Å². The number of imidazole rings is 1. The van der Waals surface area contributed by atoms with Gasteiger partial charge in [0.25, 0.3) is 0 Å². The van der Waals surface area contributed by atoms with Gasteiger partial charge in [0.1, 0.15) is 5.82 Å². The topological polar surface area (TPSA) is 55.1 Å². The van der Waals surface area contributed by atoms with Gasteiger partial charge >= 0.3 is 5.97 Å². The Morgan fingerprint density at radius 3 is 3.00 bits per heavy atom. The zero-order chi connectivity index (χ0) is 10.3. The second-order valence-electron chi connectivity index (χ2n) is 4.10. The van der Waals surface area contributed by atoms with Gasteiger partial charge in [-0.2, -0.15) is 0 Å². The van der Waals surface area contributed by atoms with Crippen LogP contribution < -0.4 is 0 Å². The number of aromatic nitrogens is 2. The molecule has 0 saturated carbocycles. The zero-order valence-electron chi connectivity index (χ0n) is 8.40. The molecule has 14 heavy (non-hydrogen) atoms. The SMILES string of the molecule is CC(C)c1cnc2n1C[C@H](C(=O)O)C2. The van der Waals surface area contributed by atoms with Crippen molar-refractivity contribution in [2.45, 2.75) is 32.7 Å². The van der Waals surface area contributed by atoms with Crippen molar-refractivity contribution in [2.75, 3.05) is 0 Å². The molecular weight excluding hydrogens is 180 g/mol. The Morgan fingerprint density at radius 1 is 1.71 bits per heavy atom. The highest BCUT2D eigenvalue weighted by Gasteiger charge is 2.30. The summed E-state index contributed by atoms with van der Waals surface area (Å²) in [5.74, 6) is 0.325. The first-order chi connectivity index (χ1) is 6.59. The van der Waals surface area contributed by atoms with E-state index in [1.54, 1.807) is 0 Å². The first-order valence-corrected chi connectivity index (χ1v) is 4.86. The van der Waals surface area contributed by atoms with Crippen LogP contribution in [0.1, 0.15) is 31.3 Å². The minimum atomic E-state index is -0.717. The number of carboxylic acid groups (broad SMARTS) is 1. The number of hydrogen-bond donors (Lipinski definition) is 1. The molecule has 1 aromatic rings. The summed E-state index contributed by atoms with van der Waals surface area (Å²) in [5, 5.41) is 8.89. The maximum absolute atomic E-state index is 10.8. The summed E-state index contributed by atoms with van der Waals surface area (Å²) in [6.07, 6.45) is 2.43. The van der Waals surface area contributed by atoms with Gasteiger partial charge in [0.2, 0.25) is 0 Å². The minimum Gasteiger partial charge on any atom is -0.481 e. The quantitative estimate of drug-likeness (QED) is 0.771. The molecule has 2 heterocycles. The van der Waals surface area contributed by atoms with Crippen LogP contribution in [0.2, 0.25) is 0 Å². The summed E-state index contributed by atoms with van der Waals surface area (Å²) >= 11 is 0. The van der Waals surface area contributed by atoms with Crippen molar-refractivity contribution in [3.05, 3.63) is 17.7 Å². The smallest absolute Gasteiger partial charge is 0.308 e. The van der Waals surface area contributed by atoms with Crippen molar-refractivity contribution in [1.82, 2.24) is 9.55 Å². The highest BCUT2D eigenvalue weighted by molar-refractivity contribution is 5.70. The van der Waals surface area contributed by atoms with Gasteiger partial charge < -0.3 is 9.67 Å². The average molecular weight is 194 g/mol. The molecule has 0 aromatic carbocycles. The molecule has 1 atom stereocenters. The zero-order valence-corrected chi connectivity index (χ0v) is 8.40. The van der Waals surface area contributed by atoms with Crippen molar-refractivity contribution in [2.24, 2.45) is 5.92 Å². The number of hydrogen-bond acceptors (Lipinski definition) is 2. The van der Waals surface area contributed by atoms with Crippen LogP contribution in [-0.2, 0) is 17.8 Å². The molecular formula is C10H14N2O2. The van der Waals surface area contributed by atoms with Crippen LogP contribution in [0.25, 0.3) is 0 Å². The number of aliphatic carboxylic acids is 1. The summed E-state index contributed by atoms with van der Waals surface area (Å²) in [6, 6.07) is 0. The third-order valence-electron chi connectivity index (χ3n) is 2.74. The summed E-state index contributed by atoms with van der Waals surface area (Å²) < 4.78 is 2.05. The number of carboxylic acids is 1. The fourth-order valence-corrected chi connectivity index (χ4v) is 1.93. The van der Waals surface area contributed by atoms with E-state index < -0.39 is 5.97 Å². The fourth-order valence-electron chi connectivity index (χ4n) is 1.93. The average Bonchev–Trinajstić information content (AvgIpc) is 2.58. The fraction of sp³-hybridized carbons (Fsp3) is 0.600. The number of nitrogens with zero attached hydrogens (tertiary/aromatic N) is 2. The molecule has 1 aliphatic heterocycles. The number of fused-ring (bicyclic) bond motifs is 1. The van der Waals surface area contributed by atoms with Gasteiger partial charge in [0, 0.05) is 24.9 Å². The predicted octanol–water partition coefficient (Wildman–Crippen LogP) is 1.26. The number of rotatable bonds is 2. The molecule has 76 valence electrons. The molecule has 0 saturated heterocycles. The van der Waals surface area contributed by atoms with Gasteiger partial charge in [-0.25, -0.2) is 4.98 Å². The summed E-state index contributed by atoms with van der Waals surface area (Å²) in [5.41, 5.74) is 1.14. The molecule has 0 unspecified atom stereocenters. The van der Waals surface area contributed by atoms with Gasteiger partial charge in [0.15, 0.2) is 0 Å². The molecule has 2 rings (SSSR count). The van der Waals surface area contributed by atoms with E-state index in [0.717, 1.165) is 11.5 Å². The standard InChI is InChI=1S/C10H14N2O2/c1-6(2)8-4-11-9-3-7(10(13)14)5-12(8)9/h4,6-7H,3,5H2,1-2H3,(H,13,14)/t7-/m1/s1. The van der Waals surface area contributed by atoms with Gasteiger partial charge in [-0.3, -0.25) is 4.79 Å². The van der Waals surface area contributed by atoms with Crippen LogP contribution in [0.15, 0.2) is 6.20 Å². The Labute approximate surface area is 82.6 Å². The van der Waals surface area contributed by atoms with E-state index in [2.05, 4.69) is 18.8 Å². The van der Waals surface area contributed by atoms with E-state index >= 15 is 0 Å². The second kappa shape index (κ2) is 3.12. The normalized spacial score (nSPS) is 20.1. The van der Waals surface area contributed by atoms with E-state index in [1.807, 2.05) is 10.8 Å². The third-order valence-corrected chi connectivity index (χ3v) is 2.74. The van der Waals surface area contributed by atoms with Crippen molar-refractivity contribution in [3.63, 3.8) is 0 Å². The molecule has 1 aliphatic rings. The third kappa shape index (κ3) is 1.31. The summed E-state index contributed by atoms with van der Waals surface area (Å²) in [4.78, 5) is 15.1. The Morgan fingerprint density at radius 2 is 2.43 bits per heavy atom. The van der Waals surface area contributed by atoms with Crippen LogP contribution in [0.3, 0.4) is 0 Å². The highest BCUT2D eigenvalue weighted by atomic mass is 16.4. The van der Waals surface area contributed by atoms with E-state index in [0.29, 0.717) is 18.9 Å². The Bertz CT molecular complexity index is 368. The maximum atomic E-state index is 10.8. The monoisotopic (exact) mass is 194 g/mol. The molecule has 0 amide bonds. The Kier molecular flexibility index (Phi) is 2.06. The van der Waals surface area contributed by atoms with Crippen molar-refractivity contribution in [1.29, 1.82) is 0 Å². The van der Waals surface area contributed by atoms with Crippen LogP contribution in [0, 0.1) is 5.92 Å². The van der Waals surface area contributed by atoms with Crippen LogP contribution in [0.4, 0.5) is 0 Å².